The Morgan fingerprint density at radius 1 is 1.67 bits per heavy atom. The van der Waals surface area contributed by atoms with E-state index in [1.807, 2.05) is 19.9 Å². The topological polar surface area (TPSA) is 58.6 Å². The minimum Gasteiger partial charge on any atom is -0.417 e. The second kappa shape index (κ2) is 6.16. The zero-order chi connectivity index (χ0) is 12.1. The lowest BCUT2D eigenvalue weighted by atomic mass is 10.3. The molecule has 0 bridgehead atoms. The molecule has 1 atom stereocenters. The van der Waals surface area contributed by atoms with Crippen molar-refractivity contribution in [2.24, 2.45) is 0 Å². The molecule has 0 saturated heterocycles. The van der Waals surface area contributed by atoms with E-state index in [1.54, 1.807) is 0 Å². The van der Waals surface area contributed by atoms with Crippen LogP contribution < -0.4 is 5.32 Å². The second-order valence-corrected chi connectivity index (χ2v) is 5.59. The van der Waals surface area contributed by atoms with Gasteiger partial charge in [0.2, 0.25) is 0 Å². The highest BCUT2D eigenvalue weighted by molar-refractivity contribution is 7.80. The van der Waals surface area contributed by atoms with Crippen LogP contribution in [0, 0.1) is 0 Å². The summed E-state index contributed by atoms with van der Waals surface area (Å²) in [6.45, 7) is 7.49. The van der Waals surface area contributed by atoms with Gasteiger partial charge in [0.15, 0.2) is 0 Å². The molecule has 0 amide bonds. The molecule has 0 saturated carbocycles. The molecule has 2 N–H and O–H groups in total. The van der Waals surface area contributed by atoms with Gasteiger partial charge in [-0.15, -0.1) is 0 Å². The van der Waals surface area contributed by atoms with Crippen molar-refractivity contribution in [1.29, 1.82) is 0 Å². The Morgan fingerprint density at radius 2 is 2.20 bits per heavy atom. The van der Waals surface area contributed by atoms with Crippen LogP contribution in [-0.4, -0.2) is 22.0 Å². The molecule has 86 valence electrons. The van der Waals surface area contributed by atoms with Crippen LogP contribution in [0.25, 0.3) is 0 Å². The molecular formula is C9H17NO3PS+. The molecule has 0 spiro atoms. The predicted octanol–water partition coefficient (Wildman–Crippen LogP) is 2.31. The van der Waals surface area contributed by atoms with E-state index >= 15 is 0 Å². The van der Waals surface area contributed by atoms with Gasteiger partial charge in [-0.2, -0.15) is 4.89 Å². The summed E-state index contributed by atoms with van der Waals surface area (Å²) in [7, 11) is -2.42. The zero-order valence-electron chi connectivity index (χ0n) is 9.40. The molecule has 0 rings (SSSR count). The Kier molecular flexibility index (Phi) is 5.95. The molecule has 0 aromatic heterocycles. The summed E-state index contributed by atoms with van der Waals surface area (Å²) in [5, 5.41) is 1.83. The quantitative estimate of drug-likeness (QED) is 0.455. The average Bonchev–Trinajstić information content (AvgIpc) is 2.13. The predicted molar refractivity (Wildman–Crippen MR) is 65.0 cm³/mol. The van der Waals surface area contributed by atoms with Gasteiger partial charge in [-0.1, -0.05) is 11.6 Å². The van der Waals surface area contributed by atoms with Gasteiger partial charge >= 0.3 is 13.4 Å². The molecule has 0 aromatic rings. The molecule has 0 aliphatic rings. The molecule has 4 nitrogen and oxygen atoms in total. The first-order chi connectivity index (χ1) is 6.79. The Balaban J connectivity index is 4.10. The fourth-order valence-electron chi connectivity index (χ4n) is 0.616. The highest BCUT2D eigenvalue weighted by atomic mass is 32.1. The van der Waals surface area contributed by atoms with Crippen LogP contribution in [0.2, 0.25) is 0 Å². The zero-order valence-corrected chi connectivity index (χ0v) is 11.1. The van der Waals surface area contributed by atoms with Crippen LogP contribution in [0.1, 0.15) is 27.7 Å². The van der Waals surface area contributed by atoms with E-state index in [-0.39, 0.29) is 5.17 Å². The number of thiocarbonyl (C=S) groups is 1. The molecule has 1 unspecified atom stereocenters. The maximum Gasteiger partial charge on any atom is 0.553 e. The van der Waals surface area contributed by atoms with Crippen molar-refractivity contribution in [3.05, 3.63) is 11.6 Å². The monoisotopic (exact) mass is 250 g/mol. The fourth-order valence-corrected chi connectivity index (χ4v) is 1.13. The summed E-state index contributed by atoms with van der Waals surface area (Å²) in [5.74, 6) is 0. The van der Waals surface area contributed by atoms with Gasteiger partial charge in [0.05, 0.1) is 0 Å². The average molecular weight is 250 g/mol. The summed E-state index contributed by atoms with van der Waals surface area (Å²) in [4.78, 5) is 8.94. The van der Waals surface area contributed by atoms with Crippen molar-refractivity contribution in [3.63, 3.8) is 0 Å². The Labute approximate surface area is 96.6 Å². The third-order valence-corrected chi connectivity index (χ3v) is 3.05. The first kappa shape index (κ1) is 14.5. The van der Waals surface area contributed by atoms with Gasteiger partial charge < -0.3 is 10.1 Å². The van der Waals surface area contributed by atoms with E-state index in [9.17, 15) is 4.57 Å². The lowest BCUT2D eigenvalue weighted by molar-refractivity contribution is 0.166. The van der Waals surface area contributed by atoms with E-state index in [4.69, 9.17) is 21.8 Å². The van der Waals surface area contributed by atoms with Crippen molar-refractivity contribution in [3.8, 4) is 0 Å². The number of allylic oxidation sites excluding steroid dienone is 1. The summed E-state index contributed by atoms with van der Waals surface area (Å²) in [6, 6.07) is 0. The molecule has 0 fully saturated rings. The van der Waals surface area contributed by atoms with Crippen molar-refractivity contribution in [1.82, 2.24) is 5.32 Å². The normalized spacial score (nSPS) is 13.4. The molecule has 6 heteroatoms. The largest absolute Gasteiger partial charge is 0.553 e. The first-order valence-electron chi connectivity index (χ1n) is 4.54. The SMILES string of the molecule is C/C=C(\C)CNC(=S)OC(C)(C)[P+](=O)O. The summed E-state index contributed by atoms with van der Waals surface area (Å²) in [6.07, 6.45) is 1.95. The van der Waals surface area contributed by atoms with Crippen LogP contribution in [-0.2, 0) is 9.30 Å². The minimum absolute atomic E-state index is 0.138. The van der Waals surface area contributed by atoms with Gasteiger partial charge in [-0.3, -0.25) is 0 Å². The van der Waals surface area contributed by atoms with E-state index in [0.29, 0.717) is 6.54 Å². The van der Waals surface area contributed by atoms with Crippen LogP contribution in [0.15, 0.2) is 11.6 Å². The lowest BCUT2D eigenvalue weighted by Gasteiger charge is -2.15. The smallest absolute Gasteiger partial charge is 0.417 e. The first-order valence-corrected chi connectivity index (χ1v) is 6.16. The molecule has 0 heterocycles. The van der Waals surface area contributed by atoms with Gasteiger partial charge in [-0.05, 0) is 30.6 Å². The molecule has 0 aliphatic heterocycles. The lowest BCUT2D eigenvalue weighted by Crippen LogP contribution is -2.33. The van der Waals surface area contributed by atoms with Crippen molar-refractivity contribution >= 4 is 25.4 Å². The summed E-state index contributed by atoms with van der Waals surface area (Å²) >= 11 is 4.89. The van der Waals surface area contributed by atoms with Crippen LogP contribution in [0.3, 0.4) is 0 Å². The fraction of sp³-hybridized carbons (Fsp3) is 0.667. The van der Waals surface area contributed by atoms with E-state index in [0.717, 1.165) is 5.57 Å². The third-order valence-electron chi connectivity index (χ3n) is 1.81. The van der Waals surface area contributed by atoms with Crippen molar-refractivity contribution in [2.75, 3.05) is 6.54 Å². The van der Waals surface area contributed by atoms with Crippen LogP contribution in [0.4, 0.5) is 0 Å². The summed E-state index contributed by atoms with van der Waals surface area (Å²) < 4.78 is 16.0. The maximum atomic E-state index is 10.9. The van der Waals surface area contributed by atoms with Gasteiger partial charge in [0.25, 0.3) is 5.17 Å². The highest BCUT2D eigenvalue weighted by Crippen LogP contribution is 2.35. The maximum absolute atomic E-state index is 10.9. The standard InChI is InChI=1S/C9H16NO3PS/c1-5-7(2)6-10-8(15)13-9(3,4)14(11)12/h5H,6H2,1-4H3,(H-,10,11,12,15)/p+1/b7-5+. The molecule has 0 radical (unpaired) electrons. The number of ether oxygens (including phenoxy) is 1. The second-order valence-electron chi connectivity index (χ2n) is 3.60. The number of hydrogen-bond acceptors (Lipinski definition) is 3. The Bertz CT molecular complexity index is 289. The number of rotatable bonds is 4. The minimum atomic E-state index is -2.42. The van der Waals surface area contributed by atoms with Gasteiger partial charge in [-0.25, -0.2) is 0 Å². The van der Waals surface area contributed by atoms with Gasteiger partial charge in [0, 0.05) is 20.4 Å². The third kappa shape index (κ3) is 5.82. The van der Waals surface area contributed by atoms with Crippen molar-refractivity contribution < 1.29 is 14.2 Å². The van der Waals surface area contributed by atoms with Crippen LogP contribution >= 0.6 is 20.2 Å². The van der Waals surface area contributed by atoms with Gasteiger partial charge in [0.1, 0.15) is 0 Å². The number of nitrogens with one attached hydrogen (secondary N) is 1. The summed E-state index contributed by atoms with van der Waals surface area (Å²) in [5.41, 5.74) is 1.12. The molecule has 0 aliphatic carbocycles. The van der Waals surface area contributed by atoms with E-state index < -0.39 is 13.4 Å². The van der Waals surface area contributed by atoms with Crippen LogP contribution in [0.5, 0.6) is 0 Å². The molecule has 0 aromatic carbocycles. The Morgan fingerprint density at radius 3 is 2.60 bits per heavy atom. The molecular weight excluding hydrogens is 233 g/mol. The highest BCUT2D eigenvalue weighted by Gasteiger charge is 2.42. The molecule has 15 heavy (non-hydrogen) atoms. The number of hydrogen-bond donors (Lipinski definition) is 2. The Hall–Kier alpha value is -0.510. The van der Waals surface area contributed by atoms with E-state index in [2.05, 4.69) is 5.32 Å². The van der Waals surface area contributed by atoms with E-state index in [1.165, 1.54) is 13.8 Å². The van der Waals surface area contributed by atoms with Crippen molar-refractivity contribution in [2.45, 2.75) is 33.0 Å².